The Kier molecular flexibility index (Phi) is 4.84. The molecule has 0 bridgehead atoms. The Morgan fingerprint density at radius 2 is 1.61 bits per heavy atom. The van der Waals surface area contributed by atoms with Crippen molar-refractivity contribution in [2.24, 2.45) is 0 Å². The first-order valence-corrected chi connectivity index (χ1v) is 6.49. The third-order valence-electron chi connectivity index (χ3n) is 2.59. The number of anilines is 2. The van der Waals surface area contributed by atoms with Crippen LogP contribution in [0.1, 0.15) is 20.8 Å². The SMILES string of the molecule is CCNc1nc(N(CC)CC)nc([N+](C)(C)C)n1. The maximum atomic E-state index is 4.56. The van der Waals surface area contributed by atoms with Crippen LogP contribution in [0.15, 0.2) is 0 Å². The molecule has 6 heteroatoms. The molecule has 0 radical (unpaired) electrons. The van der Waals surface area contributed by atoms with E-state index < -0.39 is 0 Å². The van der Waals surface area contributed by atoms with Gasteiger partial charge < -0.3 is 10.2 Å². The van der Waals surface area contributed by atoms with E-state index >= 15 is 0 Å². The molecule has 0 unspecified atom stereocenters. The Hall–Kier alpha value is -1.43. The second-order valence-corrected chi connectivity index (χ2v) is 4.97. The standard InChI is InChI=1S/C12H25N6/c1-7-13-10-14-11(17(8-2)9-3)16-12(15-10)18(4,5)6/h7-9H2,1-6H3,(H,13,14,15,16)/q+1. The summed E-state index contributed by atoms with van der Waals surface area (Å²) in [5, 5.41) is 3.16. The molecule has 0 spiro atoms. The molecular weight excluding hydrogens is 228 g/mol. The van der Waals surface area contributed by atoms with Crippen LogP contribution in [-0.4, -0.2) is 55.7 Å². The first-order chi connectivity index (χ1) is 8.42. The number of hydrogen-bond acceptors (Lipinski definition) is 5. The van der Waals surface area contributed by atoms with E-state index in [9.17, 15) is 0 Å². The van der Waals surface area contributed by atoms with Gasteiger partial charge in [-0.05, 0) is 20.8 Å². The number of nitrogens with one attached hydrogen (secondary N) is 1. The lowest BCUT2D eigenvalue weighted by atomic mass is 10.5. The van der Waals surface area contributed by atoms with Crippen LogP contribution in [0.5, 0.6) is 0 Å². The third kappa shape index (κ3) is 3.53. The summed E-state index contributed by atoms with van der Waals surface area (Å²) in [5.41, 5.74) is 0. The van der Waals surface area contributed by atoms with Gasteiger partial charge in [-0.2, -0.15) is 4.98 Å². The van der Waals surface area contributed by atoms with Crippen LogP contribution in [0.2, 0.25) is 0 Å². The van der Waals surface area contributed by atoms with Gasteiger partial charge in [0.05, 0.1) is 21.1 Å². The summed E-state index contributed by atoms with van der Waals surface area (Å²) in [6.07, 6.45) is 0. The molecule has 0 aliphatic carbocycles. The van der Waals surface area contributed by atoms with Gasteiger partial charge in [-0.25, -0.2) is 0 Å². The van der Waals surface area contributed by atoms with Gasteiger partial charge in [0.2, 0.25) is 11.9 Å². The zero-order valence-corrected chi connectivity index (χ0v) is 12.4. The zero-order chi connectivity index (χ0) is 13.8. The van der Waals surface area contributed by atoms with Crippen molar-refractivity contribution in [2.45, 2.75) is 20.8 Å². The molecule has 0 amide bonds. The van der Waals surface area contributed by atoms with E-state index in [4.69, 9.17) is 0 Å². The van der Waals surface area contributed by atoms with Gasteiger partial charge in [-0.15, -0.1) is 9.97 Å². The van der Waals surface area contributed by atoms with E-state index in [2.05, 4.69) is 60.2 Å². The number of rotatable bonds is 6. The van der Waals surface area contributed by atoms with Gasteiger partial charge in [0.1, 0.15) is 0 Å². The number of quaternary nitrogens is 1. The Balaban J connectivity index is 3.21. The van der Waals surface area contributed by atoms with Gasteiger partial charge >= 0.3 is 5.95 Å². The van der Waals surface area contributed by atoms with Crippen molar-refractivity contribution in [1.82, 2.24) is 19.4 Å². The Morgan fingerprint density at radius 3 is 2.06 bits per heavy atom. The highest BCUT2D eigenvalue weighted by Crippen LogP contribution is 2.17. The van der Waals surface area contributed by atoms with Gasteiger partial charge in [-0.1, -0.05) is 0 Å². The molecule has 6 nitrogen and oxygen atoms in total. The second kappa shape index (κ2) is 5.95. The summed E-state index contributed by atoms with van der Waals surface area (Å²) in [7, 11) is 6.16. The average molecular weight is 253 g/mol. The molecule has 0 saturated carbocycles. The summed E-state index contributed by atoms with van der Waals surface area (Å²) in [4.78, 5) is 15.6. The van der Waals surface area contributed by atoms with Crippen LogP contribution in [0.25, 0.3) is 0 Å². The molecule has 0 aliphatic heterocycles. The van der Waals surface area contributed by atoms with E-state index in [1.54, 1.807) is 0 Å². The Bertz CT molecular complexity index is 381. The molecule has 1 heterocycles. The van der Waals surface area contributed by atoms with Gasteiger partial charge in [0, 0.05) is 19.6 Å². The lowest BCUT2D eigenvalue weighted by Gasteiger charge is -2.24. The molecule has 1 aromatic heterocycles. The maximum Gasteiger partial charge on any atom is 0.334 e. The maximum absolute atomic E-state index is 4.56. The van der Waals surface area contributed by atoms with Gasteiger partial charge in [0.25, 0.3) is 0 Å². The molecule has 1 rings (SSSR count). The quantitative estimate of drug-likeness (QED) is 0.776. The first-order valence-electron chi connectivity index (χ1n) is 6.49. The smallest absolute Gasteiger partial charge is 0.334 e. The highest BCUT2D eigenvalue weighted by Gasteiger charge is 2.21. The molecule has 0 saturated heterocycles. The lowest BCUT2D eigenvalue weighted by molar-refractivity contribution is 0.457. The third-order valence-corrected chi connectivity index (χ3v) is 2.59. The van der Waals surface area contributed by atoms with E-state index in [0.29, 0.717) is 10.4 Å². The first kappa shape index (κ1) is 14.6. The zero-order valence-electron chi connectivity index (χ0n) is 12.4. The fraction of sp³-hybridized carbons (Fsp3) is 0.750. The molecule has 0 fully saturated rings. The van der Waals surface area contributed by atoms with E-state index in [1.165, 1.54) is 0 Å². The van der Waals surface area contributed by atoms with Crippen LogP contribution >= 0.6 is 0 Å². The van der Waals surface area contributed by atoms with Crippen LogP contribution in [0.3, 0.4) is 0 Å². The van der Waals surface area contributed by atoms with Crippen LogP contribution < -0.4 is 14.7 Å². The predicted octanol–water partition coefficient (Wildman–Crippen LogP) is 1.35. The monoisotopic (exact) mass is 253 g/mol. The summed E-state index contributed by atoms with van der Waals surface area (Å²) in [5.74, 6) is 2.16. The topological polar surface area (TPSA) is 53.9 Å². The second-order valence-electron chi connectivity index (χ2n) is 4.97. The number of nitrogens with zero attached hydrogens (tertiary/aromatic N) is 5. The lowest BCUT2D eigenvalue weighted by Crippen LogP contribution is -2.38. The summed E-state index contributed by atoms with van der Waals surface area (Å²) < 4.78 is 0.579. The van der Waals surface area contributed by atoms with Crippen molar-refractivity contribution >= 4 is 17.8 Å². The predicted molar refractivity (Wildman–Crippen MR) is 77.1 cm³/mol. The summed E-state index contributed by atoms with van der Waals surface area (Å²) in [6.45, 7) is 8.83. The fourth-order valence-corrected chi connectivity index (χ4v) is 1.54. The summed E-state index contributed by atoms with van der Waals surface area (Å²) in [6, 6.07) is 0. The fourth-order valence-electron chi connectivity index (χ4n) is 1.54. The highest BCUT2D eigenvalue weighted by atomic mass is 15.4. The number of hydrogen-bond donors (Lipinski definition) is 1. The molecule has 0 aliphatic rings. The number of aromatic nitrogens is 3. The highest BCUT2D eigenvalue weighted by molar-refractivity contribution is 5.42. The minimum Gasteiger partial charge on any atom is -0.354 e. The van der Waals surface area contributed by atoms with E-state index in [0.717, 1.165) is 31.5 Å². The largest absolute Gasteiger partial charge is 0.354 e. The summed E-state index contributed by atoms with van der Waals surface area (Å²) >= 11 is 0. The molecule has 102 valence electrons. The molecule has 18 heavy (non-hydrogen) atoms. The molecule has 1 aromatic rings. The minimum absolute atomic E-state index is 0.579. The Morgan fingerprint density at radius 1 is 1.00 bits per heavy atom. The minimum atomic E-state index is 0.579. The normalized spacial score (nSPS) is 11.4. The molecule has 1 N–H and O–H groups in total. The van der Waals surface area contributed by atoms with Crippen molar-refractivity contribution in [2.75, 3.05) is 51.0 Å². The van der Waals surface area contributed by atoms with Crippen molar-refractivity contribution in [1.29, 1.82) is 0 Å². The van der Waals surface area contributed by atoms with E-state index in [-0.39, 0.29) is 0 Å². The van der Waals surface area contributed by atoms with Gasteiger partial charge in [-0.3, -0.25) is 4.48 Å². The van der Waals surface area contributed by atoms with Crippen molar-refractivity contribution in [3.05, 3.63) is 0 Å². The molecular formula is C12H25N6+. The van der Waals surface area contributed by atoms with Crippen molar-refractivity contribution < 1.29 is 0 Å². The van der Waals surface area contributed by atoms with Crippen LogP contribution in [0.4, 0.5) is 17.8 Å². The van der Waals surface area contributed by atoms with Crippen LogP contribution in [0, 0.1) is 0 Å². The van der Waals surface area contributed by atoms with Gasteiger partial charge in [0.15, 0.2) is 0 Å². The molecule has 0 aromatic carbocycles. The average Bonchev–Trinajstić information content (AvgIpc) is 2.29. The van der Waals surface area contributed by atoms with E-state index in [1.807, 2.05) is 6.92 Å². The molecule has 0 atom stereocenters. The van der Waals surface area contributed by atoms with Crippen molar-refractivity contribution in [3.63, 3.8) is 0 Å². The van der Waals surface area contributed by atoms with Crippen molar-refractivity contribution in [3.8, 4) is 0 Å². The Labute approximate surface area is 110 Å². The van der Waals surface area contributed by atoms with Crippen LogP contribution in [-0.2, 0) is 0 Å².